The maximum absolute atomic E-state index is 10.6. The van der Waals surface area contributed by atoms with Crippen molar-refractivity contribution in [2.45, 2.75) is 70.5 Å². The molecule has 1 saturated carbocycles. The molecule has 0 amide bonds. The second-order valence-electron chi connectivity index (χ2n) is 10.8. The molecule has 210 valence electrons. The fourth-order valence-electron chi connectivity index (χ4n) is 5.30. The highest BCUT2D eigenvalue weighted by Gasteiger charge is 2.32. The van der Waals surface area contributed by atoms with E-state index in [0.29, 0.717) is 38.4 Å². The number of aliphatic carboxylic acids is 1. The number of nitrogens with zero attached hydrogens (tertiary/aromatic N) is 3. The second-order valence-corrected chi connectivity index (χ2v) is 10.8. The summed E-state index contributed by atoms with van der Waals surface area (Å²) in [5.41, 5.74) is 2.53. The minimum atomic E-state index is -0.944. The number of rotatable bonds is 12. The normalized spacial score (nSPS) is 21.5. The van der Waals surface area contributed by atoms with E-state index in [1.54, 1.807) is 0 Å². The van der Waals surface area contributed by atoms with Crippen molar-refractivity contribution in [3.8, 4) is 17.3 Å². The van der Waals surface area contributed by atoms with E-state index in [0.717, 1.165) is 67.0 Å². The van der Waals surface area contributed by atoms with Crippen LogP contribution in [-0.4, -0.2) is 72.1 Å². The molecule has 0 aromatic carbocycles. The lowest BCUT2D eigenvalue weighted by atomic mass is 9.82. The number of hydrogen-bond donors (Lipinski definition) is 4. The molecule has 2 aliphatic rings. The number of ether oxygens (including phenoxy) is 2. The third-order valence-corrected chi connectivity index (χ3v) is 7.62. The number of aryl methyl sites for hydroxylation is 1. The molecule has 4 rings (SSSR count). The third kappa shape index (κ3) is 8.36. The zero-order valence-corrected chi connectivity index (χ0v) is 22.9. The molecular weight excluding hydrogens is 496 g/mol. The summed E-state index contributed by atoms with van der Waals surface area (Å²) in [4.78, 5) is 20.1. The SMILES string of the molecule is Cc1cnc(NC2CCC(N[C@@H](C)COCC(=O)O)CC2)cc1-c1cccc(NCC2(C#N)CCOCC2)n1. The van der Waals surface area contributed by atoms with Crippen molar-refractivity contribution in [1.29, 1.82) is 5.26 Å². The molecule has 0 bridgehead atoms. The quantitative estimate of drug-likeness (QED) is 0.315. The Morgan fingerprint density at radius 2 is 1.97 bits per heavy atom. The lowest BCUT2D eigenvalue weighted by Gasteiger charge is -2.32. The molecule has 1 atom stereocenters. The smallest absolute Gasteiger partial charge is 0.329 e. The summed E-state index contributed by atoms with van der Waals surface area (Å²) in [6, 6.07) is 11.3. The second kappa shape index (κ2) is 13.7. The number of carbonyl (C=O) groups is 1. The lowest BCUT2D eigenvalue weighted by Crippen LogP contribution is -2.43. The van der Waals surface area contributed by atoms with Crippen molar-refractivity contribution in [3.63, 3.8) is 0 Å². The van der Waals surface area contributed by atoms with Crippen molar-refractivity contribution in [3.05, 3.63) is 36.0 Å². The average Bonchev–Trinajstić information content (AvgIpc) is 2.94. The van der Waals surface area contributed by atoms with Gasteiger partial charge in [0.15, 0.2) is 0 Å². The van der Waals surface area contributed by atoms with Gasteiger partial charge < -0.3 is 30.5 Å². The van der Waals surface area contributed by atoms with E-state index >= 15 is 0 Å². The van der Waals surface area contributed by atoms with Gasteiger partial charge in [-0.3, -0.25) is 0 Å². The molecule has 0 unspecified atom stereocenters. The summed E-state index contributed by atoms with van der Waals surface area (Å²) in [6.45, 7) is 5.98. The van der Waals surface area contributed by atoms with Crippen LogP contribution in [0.15, 0.2) is 30.5 Å². The fraction of sp³-hybridized carbons (Fsp3) is 0.586. The maximum atomic E-state index is 10.6. The molecular formula is C29H40N6O4. The van der Waals surface area contributed by atoms with E-state index in [1.165, 1.54) is 0 Å². The van der Waals surface area contributed by atoms with Gasteiger partial charge in [0.1, 0.15) is 18.2 Å². The number of carboxylic acid groups (broad SMARTS) is 1. The summed E-state index contributed by atoms with van der Waals surface area (Å²) in [5.74, 6) is 0.655. The van der Waals surface area contributed by atoms with Crippen LogP contribution >= 0.6 is 0 Å². The van der Waals surface area contributed by atoms with Gasteiger partial charge in [0.05, 0.1) is 23.8 Å². The molecule has 0 radical (unpaired) electrons. The Kier molecular flexibility index (Phi) is 10.1. The number of hydrogen-bond acceptors (Lipinski definition) is 9. The van der Waals surface area contributed by atoms with E-state index < -0.39 is 11.4 Å². The van der Waals surface area contributed by atoms with Gasteiger partial charge in [0.25, 0.3) is 0 Å². The standard InChI is InChI=1S/C29H40N6O4/c1-20-15-31-27(34-23-8-6-22(7-9-23)33-21(2)16-39-17-28(36)37)14-24(20)25-4-3-5-26(35-25)32-19-29(18-30)10-12-38-13-11-29/h3-5,14-15,21-23,33H,6-13,16-17,19H2,1-2H3,(H,31,34)(H,32,35)(H,36,37)/t21-,22?,23?/m0/s1. The molecule has 0 spiro atoms. The molecule has 1 aliphatic carbocycles. The average molecular weight is 537 g/mol. The Bertz CT molecular complexity index is 1140. The zero-order chi connectivity index (χ0) is 27.7. The van der Waals surface area contributed by atoms with Gasteiger partial charge >= 0.3 is 5.97 Å². The van der Waals surface area contributed by atoms with E-state index in [-0.39, 0.29) is 12.6 Å². The first-order chi connectivity index (χ1) is 18.9. The van der Waals surface area contributed by atoms with Gasteiger partial charge in [-0.15, -0.1) is 0 Å². The Morgan fingerprint density at radius 3 is 2.69 bits per heavy atom. The van der Waals surface area contributed by atoms with Crippen LogP contribution in [-0.2, 0) is 14.3 Å². The molecule has 2 aromatic heterocycles. The minimum Gasteiger partial charge on any atom is -0.480 e. The Morgan fingerprint density at radius 1 is 1.23 bits per heavy atom. The van der Waals surface area contributed by atoms with Crippen molar-refractivity contribution < 1.29 is 19.4 Å². The van der Waals surface area contributed by atoms with Crippen LogP contribution in [0.1, 0.15) is 51.0 Å². The molecule has 10 nitrogen and oxygen atoms in total. The Hall–Kier alpha value is -3.26. The molecule has 10 heteroatoms. The van der Waals surface area contributed by atoms with Crippen molar-refractivity contribution >= 4 is 17.6 Å². The lowest BCUT2D eigenvalue weighted by molar-refractivity contribution is -0.142. The topological polar surface area (TPSA) is 141 Å². The van der Waals surface area contributed by atoms with E-state index in [2.05, 4.69) is 33.1 Å². The Balaban J connectivity index is 1.31. The number of nitriles is 1. The van der Waals surface area contributed by atoms with E-state index in [4.69, 9.17) is 19.6 Å². The highest BCUT2D eigenvalue weighted by Crippen LogP contribution is 2.31. The minimum absolute atomic E-state index is 0.111. The number of nitrogens with one attached hydrogen (secondary N) is 3. The highest BCUT2D eigenvalue weighted by atomic mass is 16.5. The highest BCUT2D eigenvalue weighted by molar-refractivity contribution is 5.68. The van der Waals surface area contributed by atoms with Crippen LogP contribution < -0.4 is 16.0 Å². The largest absolute Gasteiger partial charge is 0.480 e. The molecule has 39 heavy (non-hydrogen) atoms. The molecule has 1 aliphatic heterocycles. The number of carboxylic acids is 1. The summed E-state index contributed by atoms with van der Waals surface area (Å²) in [7, 11) is 0. The molecule has 2 fully saturated rings. The van der Waals surface area contributed by atoms with Crippen molar-refractivity contribution in [2.24, 2.45) is 5.41 Å². The van der Waals surface area contributed by atoms with Gasteiger partial charge in [-0.25, -0.2) is 14.8 Å². The van der Waals surface area contributed by atoms with Crippen LogP contribution in [0.3, 0.4) is 0 Å². The fourth-order valence-corrected chi connectivity index (χ4v) is 5.30. The van der Waals surface area contributed by atoms with Gasteiger partial charge in [-0.2, -0.15) is 5.26 Å². The maximum Gasteiger partial charge on any atom is 0.329 e. The monoisotopic (exact) mass is 536 g/mol. The predicted molar refractivity (Wildman–Crippen MR) is 150 cm³/mol. The predicted octanol–water partition coefficient (Wildman–Crippen LogP) is 3.99. The van der Waals surface area contributed by atoms with E-state index in [1.807, 2.05) is 38.2 Å². The first-order valence-electron chi connectivity index (χ1n) is 13.8. The van der Waals surface area contributed by atoms with Gasteiger partial charge in [-0.1, -0.05) is 6.07 Å². The van der Waals surface area contributed by atoms with Crippen LogP contribution in [0.5, 0.6) is 0 Å². The molecule has 3 heterocycles. The van der Waals surface area contributed by atoms with Gasteiger partial charge in [0.2, 0.25) is 0 Å². The van der Waals surface area contributed by atoms with Crippen LogP contribution in [0, 0.1) is 23.7 Å². The molecule has 4 N–H and O–H groups in total. The zero-order valence-electron chi connectivity index (χ0n) is 22.9. The summed E-state index contributed by atoms with van der Waals surface area (Å²) < 4.78 is 10.6. The third-order valence-electron chi connectivity index (χ3n) is 7.62. The number of anilines is 2. The summed E-state index contributed by atoms with van der Waals surface area (Å²) in [5, 5.41) is 29.0. The van der Waals surface area contributed by atoms with Crippen molar-refractivity contribution in [1.82, 2.24) is 15.3 Å². The first-order valence-corrected chi connectivity index (χ1v) is 13.8. The molecule has 2 aromatic rings. The Labute approximate surface area is 230 Å². The van der Waals surface area contributed by atoms with Gasteiger partial charge in [0, 0.05) is 49.6 Å². The van der Waals surface area contributed by atoms with E-state index in [9.17, 15) is 10.1 Å². The first kappa shape index (κ1) is 28.7. The summed E-state index contributed by atoms with van der Waals surface area (Å²) >= 11 is 0. The van der Waals surface area contributed by atoms with Crippen molar-refractivity contribution in [2.75, 3.05) is 43.6 Å². The van der Waals surface area contributed by atoms with Crippen LogP contribution in [0.2, 0.25) is 0 Å². The van der Waals surface area contributed by atoms with Crippen LogP contribution in [0.4, 0.5) is 11.6 Å². The number of pyridine rings is 2. The number of aromatic nitrogens is 2. The molecule has 1 saturated heterocycles. The van der Waals surface area contributed by atoms with Crippen LogP contribution in [0.25, 0.3) is 11.3 Å². The summed E-state index contributed by atoms with van der Waals surface area (Å²) in [6.07, 6.45) is 7.46. The van der Waals surface area contributed by atoms with Gasteiger partial charge in [-0.05, 0) is 76.1 Å².